The molecule has 1 heterocycles. The maximum atomic E-state index is 12.1. The summed E-state index contributed by atoms with van der Waals surface area (Å²) in [6.07, 6.45) is 1.92. The van der Waals surface area contributed by atoms with E-state index in [0.29, 0.717) is 18.0 Å². The number of aryl methyl sites for hydroxylation is 2. The molecular weight excluding hydrogens is 382 g/mol. The number of thiophene rings is 1. The minimum absolute atomic E-state index is 0.211. The molecule has 2 rings (SSSR count). The zero-order chi connectivity index (χ0) is 20.5. The van der Waals surface area contributed by atoms with Crippen molar-refractivity contribution in [3.05, 3.63) is 50.9 Å². The summed E-state index contributed by atoms with van der Waals surface area (Å²) in [5, 5.41) is 24.4. The van der Waals surface area contributed by atoms with E-state index in [0.717, 1.165) is 29.0 Å². The lowest BCUT2D eigenvalue weighted by atomic mass is 10.1. The van der Waals surface area contributed by atoms with Crippen LogP contribution in [0.25, 0.3) is 0 Å². The van der Waals surface area contributed by atoms with Gasteiger partial charge in [-0.2, -0.15) is 5.23 Å². The van der Waals surface area contributed by atoms with Crippen LogP contribution in [0.3, 0.4) is 0 Å². The van der Waals surface area contributed by atoms with E-state index in [4.69, 9.17) is 9.94 Å². The average Bonchev–Trinajstić information content (AvgIpc) is 3.04. The van der Waals surface area contributed by atoms with E-state index in [-0.39, 0.29) is 18.2 Å². The molecule has 1 aromatic carbocycles. The summed E-state index contributed by atoms with van der Waals surface area (Å²) in [6.45, 7) is 4.53. The minimum Gasteiger partial charge on any atom is -0.595 e. The number of esters is 1. The summed E-state index contributed by atoms with van der Waals surface area (Å²) in [6, 6.07) is 8.15. The topological polar surface area (TPSA) is 115 Å². The molecule has 0 radical (unpaired) electrons. The van der Waals surface area contributed by atoms with Crippen LogP contribution in [0, 0.1) is 12.1 Å². The van der Waals surface area contributed by atoms with Gasteiger partial charge >= 0.3 is 5.97 Å². The van der Waals surface area contributed by atoms with Gasteiger partial charge in [-0.05, 0) is 37.1 Å². The summed E-state index contributed by atoms with van der Waals surface area (Å²) >= 11 is 1.38. The van der Waals surface area contributed by atoms with Crippen LogP contribution in [0.1, 0.15) is 33.5 Å². The zero-order valence-electron chi connectivity index (χ0n) is 15.9. The number of quaternary nitrogens is 1. The molecule has 8 nitrogen and oxygen atoms in total. The van der Waals surface area contributed by atoms with E-state index in [1.807, 2.05) is 13.0 Å². The van der Waals surface area contributed by atoms with Gasteiger partial charge in [-0.1, -0.05) is 13.3 Å². The van der Waals surface area contributed by atoms with E-state index in [9.17, 15) is 14.8 Å². The van der Waals surface area contributed by atoms with Gasteiger partial charge in [0.05, 0.1) is 0 Å². The number of amides is 1. The van der Waals surface area contributed by atoms with E-state index < -0.39 is 11.2 Å². The van der Waals surface area contributed by atoms with Crippen molar-refractivity contribution in [3.63, 3.8) is 0 Å². The van der Waals surface area contributed by atoms with E-state index >= 15 is 0 Å². The number of rotatable bonds is 10. The molecule has 28 heavy (non-hydrogen) atoms. The van der Waals surface area contributed by atoms with Gasteiger partial charge in [-0.25, -0.2) is 10.0 Å². The Balaban J connectivity index is 1.67. The zero-order valence-corrected chi connectivity index (χ0v) is 16.7. The Labute approximate surface area is 167 Å². The Morgan fingerprint density at radius 1 is 1.25 bits per heavy atom. The number of nitrogens with one attached hydrogen (secondary N) is 3. The van der Waals surface area contributed by atoms with E-state index in [1.54, 1.807) is 12.1 Å². The van der Waals surface area contributed by atoms with Gasteiger partial charge in [0, 0.05) is 35.8 Å². The van der Waals surface area contributed by atoms with Crippen LogP contribution in [0.15, 0.2) is 30.3 Å². The SMILES string of the molecule is CCCc1cc(C(=O)OCC(=O)NCCNc2ccc([NH+]([O-])O)cc2)sc1C. The highest BCUT2D eigenvalue weighted by molar-refractivity contribution is 7.14. The van der Waals surface area contributed by atoms with Gasteiger partial charge in [0.15, 0.2) is 12.3 Å². The molecule has 9 heteroatoms. The van der Waals surface area contributed by atoms with Crippen molar-refractivity contribution >= 4 is 34.6 Å². The summed E-state index contributed by atoms with van der Waals surface area (Å²) in [4.78, 5) is 25.5. The van der Waals surface area contributed by atoms with Crippen molar-refractivity contribution in [3.8, 4) is 0 Å². The van der Waals surface area contributed by atoms with E-state index in [2.05, 4.69) is 17.6 Å². The van der Waals surface area contributed by atoms with Gasteiger partial charge in [0.25, 0.3) is 5.91 Å². The Kier molecular flexibility index (Phi) is 8.40. The molecule has 0 aliphatic carbocycles. The third kappa shape index (κ3) is 6.61. The highest BCUT2D eigenvalue weighted by atomic mass is 32.1. The van der Waals surface area contributed by atoms with Crippen LogP contribution in [0.2, 0.25) is 0 Å². The molecule has 1 amide bonds. The van der Waals surface area contributed by atoms with Gasteiger partial charge < -0.3 is 20.6 Å². The maximum absolute atomic E-state index is 12.1. The first-order chi connectivity index (χ1) is 13.4. The predicted molar refractivity (Wildman–Crippen MR) is 107 cm³/mol. The lowest BCUT2D eigenvalue weighted by Crippen LogP contribution is -2.99. The van der Waals surface area contributed by atoms with Crippen LogP contribution in [-0.4, -0.2) is 36.8 Å². The Morgan fingerprint density at radius 3 is 2.61 bits per heavy atom. The molecule has 0 aliphatic heterocycles. The third-order valence-electron chi connectivity index (χ3n) is 3.98. The molecule has 152 valence electrons. The van der Waals surface area contributed by atoms with Crippen LogP contribution in [-0.2, 0) is 16.0 Å². The number of ether oxygens (including phenoxy) is 1. The standard InChI is InChI=1S/C19H25N3O5S/c1-3-4-14-11-17(28-13(14)2)19(24)27-12-18(23)21-10-9-20-15-5-7-16(8-6-15)22(25)26/h5-8,11,20,22,25H,3-4,9-10,12H2,1-2H3,(H,21,23). The quantitative estimate of drug-likeness (QED) is 0.271. The summed E-state index contributed by atoms with van der Waals surface area (Å²) in [7, 11) is 0. The predicted octanol–water partition coefficient (Wildman–Crippen LogP) is 1.80. The second-order valence-electron chi connectivity index (χ2n) is 6.18. The molecule has 0 fully saturated rings. The first kappa shape index (κ1) is 21.8. The smallest absolute Gasteiger partial charge is 0.348 e. The summed E-state index contributed by atoms with van der Waals surface area (Å²) in [5.41, 5.74) is 2.11. The van der Waals surface area contributed by atoms with Crippen molar-refractivity contribution in [2.75, 3.05) is 25.0 Å². The van der Waals surface area contributed by atoms with Crippen molar-refractivity contribution in [2.45, 2.75) is 26.7 Å². The van der Waals surface area contributed by atoms with Crippen molar-refractivity contribution in [1.82, 2.24) is 5.32 Å². The highest BCUT2D eigenvalue weighted by Gasteiger charge is 2.14. The van der Waals surface area contributed by atoms with Crippen molar-refractivity contribution in [2.24, 2.45) is 0 Å². The molecule has 2 aromatic rings. The summed E-state index contributed by atoms with van der Waals surface area (Å²) < 4.78 is 5.07. The molecule has 1 aromatic heterocycles. The van der Waals surface area contributed by atoms with Crippen molar-refractivity contribution < 1.29 is 24.8 Å². The number of carbonyl (C=O) groups is 2. The molecule has 0 aliphatic rings. The number of carbonyl (C=O) groups excluding carboxylic acids is 2. The molecule has 0 saturated heterocycles. The fourth-order valence-electron chi connectivity index (χ4n) is 2.53. The third-order valence-corrected chi connectivity index (χ3v) is 5.06. The first-order valence-corrected chi connectivity index (χ1v) is 9.82. The van der Waals surface area contributed by atoms with Crippen LogP contribution < -0.4 is 15.9 Å². The van der Waals surface area contributed by atoms with Crippen LogP contribution in [0.4, 0.5) is 11.4 Å². The molecule has 0 bridgehead atoms. The minimum atomic E-state index is -0.979. The van der Waals surface area contributed by atoms with Gasteiger partial charge in [-0.15, -0.1) is 11.3 Å². The summed E-state index contributed by atoms with van der Waals surface area (Å²) in [5.74, 6) is -0.860. The van der Waals surface area contributed by atoms with E-state index in [1.165, 1.54) is 23.5 Å². The van der Waals surface area contributed by atoms with Crippen LogP contribution >= 0.6 is 11.3 Å². The Hall–Kier alpha value is -2.46. The number of hydrogen-bond acceptors (Lipinski definition) is 7. The second kappa shape index (κ2) is 10.8. The molecular formula is C19H25N3O5S. The van der Waals surface area contributed by atoms with Crippen LogP contribution in [0.5, 0.6) is 0 Å². The molecule has 4 N–H and O–H groups in total. The normalized spacial score (nSPS) is 11.7. The van der Waals surface area contributed by atoms with Crippen molar-refractivity contribution in [1.29, 1.82) is 0 Å². The average molecular weight is 407 g/mol. The highest BCUT2D eigenvalue weighted by Crippen LogP contribution is 2.23. The molecule has 1 atom stereocenters. The monoisotopic (exact) mass is 407 g/mol. The second-order valence-corrected chi connectivity index (χ2v) is 7.43. The van der Waals surface area contributed by atoms with Gasteiger partial charge in [0.2, 0.25) is 0 Å². The first-order valence-electron chi connectivity index (χ1n) is 9.01. The van der Waals surface area contributed by atoms with Gasteiger partial charge in [-0.3, -0.25) is 4.79 Å². The largest absolute Gasteiger partial charge is 0.595 e. The molecule has 0 saturated carbocycles. The Morgan fingerprint density at radius 2 is 1.96 bits per heavy atom. The lowest BCUT2D eigenvalue weighted by Gasteiger charge is -2.12. The molecule has 1 unspecified atom stereocenters. The molecule has 0 spiro atoms. The fraction of sp³-hybridized carbons (Fsp3) is 0.368. The van der Waals surface area contributed by atoms with Gasteiger partial charge in [0.1, 0.15) is 4.88 Å². The maximum Gasteiger partial charge on any atom is 0.348 e. The number of anilines is 1. The Bertz CT molecular complexity index is 789. The fourth-order valence-corrected chi connectivity index (χ4v) is 3.50. The number of benzene rings is 1. The number of hydrogen-bond donors (Lipinski definition) is 4. The lowest BCUT2D eigenvalue weighted by molar-refractivity contribution is -0.991.